The Kier molecular flexibility index (Phi) is 7.37. The lowest BCUT2D eigenvalue weighted by atomic mass is 9.73. The summed E-state index contributed by atoms with van der Waals surface area (Å²) >= 11 is 0. The maximum atomic E-state index is 3.74. The lowest BCUT2D eigenvalue weighted by Crippen LogP contribution is -2.46. The van der Waals surface area contributed by atoms with Crippen LogP contribution in [0.4, 0.5) is 0 Å². The van der Waals surface area contributed by atoms with Crippen molar-refractivity contribution in [2.24, 2.45) is 5.41 Å². The first-order chi connectivity index (χ1) is 9.85. The second kappa shape index (κ2) is 9.04. The summed E-state index contributed by atoms with van der Waals surface area (Å²) < 4.78 is 0. The van der Waals surface area contributed by atoms with E-state index < -0.39 is 0 Å². The molecule has 0 aromatic heterocycles. The smallest absolute Gasteiger partial charge is 0.00501 e. The van der Waals surface area contributed by atoms with E-state index in [1.807, 2.05) is 0 Å². The van der Waals surface area contributed by atoms with Crippen LogP contribution < -0.4 is 5.32 Å². The summed E-state index contributed by atoms with van der Waals surface area (Å²) in [5, 5.41) is 3.74. The third-order valence-corrected chi connectivity index (χ3v) is 5.35. The van der Waals surface area contributed by atoms with E-state index in [0.29, 0.717) is 5.41 Å². The Morgan fingerprint density at radius 3 is 2.10 bits per heavy atom. The molecule has 1 heterocycles. The van der Waals surface area contributed by atoms with Gasteiger partial charge in [-0.2, -0.15) is 0 Å². The summed E-state index contributed by atoms with van der Waals surface area (Å²) in [4.78, 5) is 2.80. The Labute approximate surface area is 126 Å². The van der Waals surface area contributed by atoms with Gasteiger partial charge in [0, 0.05) is 13.1 Å². The molecule has 2 fully saturated rings. The fraction of sp³-hybridized carbons (Fsp3) is 1.00. The molecule has 0 radical (unpaired) electrons. The number of nitrogens with one attached hydrogen (secondary N) is 1. The molecular formula is C18H36N2. The van der Waals surface area contributed by atoms with Crippen LogP contribution in [0.3, 0.4) is 0 Å². The van der Waals surface area contributed by atoms with Crippen LogP contribution in [-0.2, 0) is 0 Å². The predicted octanol–water partition coefficient (Wildman–Crippen LogP) is 4.20. The molecule has 0 aromatic carbocycles. The van der Waals surface area contributed by atoms with Crippen molar-refractivity contribution in [1.82, 2.24) is 10.2 Å². The van der Waals surface area contributed by atoms with Gasteiger partial charge in [-0.25, -0.2) is 0 Å². The van der Waals surface area contributed by atoms with Gasteiger partial charge in [0.2, 0.25) is 0 Å². The van der Waals surface area contributed by atoms with Crippen LogP contribution in [-0.4, -0.2) is 37.6 Å². The van der Waals surface area contributed by atoms with E-state index in [0.717, 1.165) is 0 Å². The summed E-state index contributed by atoms with van der Waals surface area (Å²) in [7, 11) is 0. The normalized spacial score (nSPS) is 25.1. The van der Waals surface area contributed by atoms with Crippen LogP contribution in [0.5, 0.6) is 0 Å². The van der Waals surface area contributed by atoms with Gasteiger partial charge in [0.25, 0.3) is 0 Å². The van der Waals surface area contributed by atoms with Crippen LogP contribution in [0.15, 0.2) is 0 Å². The number of hydrogen-bond donors (Lipinski definition) is 1. The molecule has 2 aliphatic rings. The van der Waals surface area contributed by atoms with Gasteiger partial charge in [0.15, 0.2) is 0 Å². The number of nitrogens with zero attached hydrogens (tertiary/aromatic N) is 1. The molecule has 0 spiro atoms. The van der Waals surface area contributed by atoms with Crippen LogP contribution in [0, 0.1) is 5.41 Å². The van der Waals surface area contributed by atoms with Gasteiger partial charge in [-0.05, 0) is 57.2 Å². The molecule has 1 aliphatic carbocycles. The Morgan fingerprint density at radius 2 is 1.45 bits per heavy atom. The predicted molar refractivity (Wildman–Crippen MR) is 88.2 cm³/mol. The summed E-state index contributed by atoms with van der Waals surface area (Å²) in [6.45, 7) is 8.81. The minimum absolute atomic E-state index is 0.590. The summed E-state index contributed by atoms with van der Waals surface area (Å²) in [6.07, 6.45) is 15.8. The van der Waals surface area contributed by atoms with E-state index in [9.17, 15) is 0 Å². The molecule has 0 aromatic rings. The highest BCUT2D eigenvalue weighted by Gasteiger charge is 2.33. The highest BCUT2D eigenvalue weighted by Crippen LogP contribution is 2.37. The van der Waals surface area contributed by atoms with Crippen molar-refractivity contribution < 1.29 is 0 Å². The van der Waals surface area contributed by atoms with E-state index in [-0.39, 0.29) is 0 Å². The van der Waals surface area contributed by atoms with Gasteiger partial charge in [0.05, 0.1) is 0 Å². The maximum Gasteiger partial charge on any atom is 0.00501 e. The van der Waals surface area contributed by atoms with Gasteiger partial charge in [0.1, 0.15) is 0 Å². The van der Waals surface area contributed by atoms with Crippen molar-refractivity contribution in [2.45, 2.75) is 77.6 Å². The average Bonchev–Trinajstić information content (AvgIpc) is 2.43. The number of hydrogen-bond acceptors (Lipinski definition) is 2. The molecule has 0 atom stereocenters. The number of likely N-dealkylation sites (tertiary alicyclic amines) is 1. The van der Waals surface area contributed by atoms with E-state index in [1.54, 1.807) is 0 Å². The quantitative estimate of drug-likeness (QED) is 0.733. The Morgan fingerprint density at radius 1 is 0.850 bits per heavy atom. The Bertz CT molecular complexity index is 238. The molecule has 1 saturated carbocycles. The van der Waals surface area contributed by atoms with Gasteiger partial charge in [-0.15, -0.1) is 0 Å². The fourth-order valence-corrected chi connectivity index (χ4v) is 4.17. The summed E-state index contributed by atoms with van der Waals surface area (Å²) in [6, 6.07) is 0. The topological polar surface area (TPSA) is 15.3 Å². The zero-order valence-corrected chi connectivity index (χ0v) is 13.8. The van der Waals surface area contributed by atoms with Crippen molar-refractivity contribution in [2.75, 3.05) is 32.7 Å². The molecule has 0 bridgehead atoms. The molecule has 1 N–H and O–H groups in total. The highest BCUT2D eigenvalue weighted by atomic mass is 15.1. The minimum Gasteiger partial charge on any atom is -0.316 e. The van der Waals surface area contributed by atoms with Crippen molar-refractivity contribution in [3.63, 3.8) is 0 Å². The van der Waals surface area contributed by atoms with E-state index >= 15 is 0 Å². The fourth-order valence-electron chi connectivity index (χ4n) is 4.17. The van der Waals surface area contributed by atoms with Crippen molar-refractivity contribution in [3.05, 3.63) is 0 Å². The van der Waals surface area contributed by atoms with Gasteiger partial charge in [-0.1, -0.05) is 45.4 Å². The molecular weight excluding hydrogens is 244 g/mol. The third-order valence-electron chi connectivity index (χ3n) is 5.35. The highest BCUT2D eigenvalue weighted by molar-refractivity contribution is 4.88. The summed E-state index contributed by atoms with van der Waals surface area (Å²) in [5.74, 6) is 0. The lowest BCUT2D eigenvalue weighted by molar-refractivity contribution is 0.0966. The minimum atomic E-state index is 0.590. The standard InChI is InChI=1S/C18H36N2/c1-2-13-19-16-18(11-7-6-8-12-18)17-20-14-9-4-3-5-10-15-20/h19H,2-17H2,1H3. The van der Waals surface area contributed by atoms with E-state index in [2.05, 4.69) is 17.1 Å². The molecule has 2 rings (SSSR count). The molecule has 0 unspecified atom stereocenters. The van der Waals surface area contributed by atoms with Crippen LogP contribution in [0.1, 0.15) is 77.6 Å². The first kappa shape index (κ1) is 16.3. The number of rotatable bonds is 6. The maximum absolute atomic E-state index is 3.74. The van der Waals surface area contributed by atoms with Crippen LogP contribution >= 0.6 is 0 Å². The van der Waals surface area contributed by atoms with Gasteiger partial charge < -0.3 is 10.2 Å². The molecule has 2 nitrogen and oxygen atoms in total. The first-order valence-electron chi connectivity index (χ1n) is 9.28. The van der Waals surface area contributed by atoms with Crippen molar-refractivity contribution in [3.8, 4) is 0 Å². The van der Waals surface area contributed by atoms with Gasteiger partial charge >= 0.3 is 0 Å². The zero-order valence-electron chi connectivity index (χ0n) is 13.8. The first-order valence-corrected chi connectivity index (χ1v) is 9.28. The molecule has 0 amide bonds. The SMILES string of the molecule is CCCNCC1(CN2CCCCCCC2)CCCCC1. The molecule has 20 heavy (non-hydrogen) atoms. The van der Waals surface area contributed by atoms with E-state index in [4.69, 9.17) is 0 Å². The van der Waals surface area contributed by atoms with Crippen LogP contribution in [0.2, 0.25) is 0 Å². The lowest BCUT2D eigenvalue weighted by Gasteiger charge is -2.42. The molecule has 1 saturated heterocycles. The Balaban J connectivity index is 1.87. The zero-order chi connectivity index (χ0) is 14.1. The monoisotopic (exact) mass is 280 g/mol. The molecule has 1 aliphatic heterocycles. The second-order valence-electron chi connectivity index (χ2n) is 7.28. The van der Waals surface area contributed by atoms with Gasteiger partial charge in [-0.3, -0.25) is 0 Å². The average molecular weight is 280 g/mol. The van der Waals surface area contributed by atoms with Crippen LogP contribution in [0.25, 0.3) is 0 Å². The Hall–Kier alpha value is -0.0800. The largest absolute Gasteiger partial charge is 0.316 e. The van der Waals surface area contributed by atoms with Crippen molar-refractivity contribution in [1.29, 1.82) is 0 Å². The third kappa shape index (κ3) is 5.37. The van der Waals surface area contributed by atoms with E-state index in [1.165, 1.54) is 103 Å². The molecule has 118 valence electrons. The second-order valence-corrected chi connectivity index (χ2v) is 7.28. The molecule has 2 heteroatoms. The summed E-state index contributed by atoms with van der Waals surface area (Å²) in [5.41, 5.74) is 0.590. The van der Waals surface area contributed by atoms with Crippen molar-refractivity contribution >= 4 is 0 Å².